The van der Waals surface area contributed by atoms with E-state index in [4.69, 9.17) is 14.8 Å². The molecular formula is C20H28N6O. The highest BCUT2D eigenvalue weighted by molar-refractivity contribution is 5.27. The molecular weight excluding hydrogens is 340 g/mol. The summed E-state index contributed by atoms with van der Waals surface area (Å²) in [4.78, 5) is 11.7. The van der Waals surface area contributed by atoms with Crippen LogP contribution in [0.25, 0.3) is 0 Å². The normalized spacial score (nSPS) is 22.3. The van der Waals surface area contributed by atoms with Crippen molar-refractivity contribution >= 4 is 0 Å². The van der Waals surface area contributed by atoms with E-state index < -0.39 is 0 Å². The molecule has 1 N–H and O–H groups in total. The Morgan fingerprint density at radius 1 is 1.26 bits per heavy atom. The Balaban J connectivity index is 1.28. The highest BCUT2D eigenvalue weighted by Crippen LogP contribution is 2.40. The van der Waals surface area contributed by atoms with E-state index in [1.54, 1.807) is 0 Å². The Hall–Kier alpha value is -1.83. The summed E-state index contributed by atoms with van der Waals surface area (Å²) in [6, 6.07) is 2.27. The third-order valence-electron chi connectivity index (χ3n) is 6.16. The fourth-order valence-corrected chi connectivity index (χ4v) is 4.68. The van der Waals surface area contributed by atoms with E-state index in [0.29, 0.717) is 0 Å². The molecule has 0 amide bonds. The van der Waals surface area contributed by atoms with Gasteiger partial charge in [-0.25, -0.2) is 9.97 Å². The first-order chi connectivity index (χ1) is 13.2. The molecule has 0 bridgehead atoms. The number of piperidine rings is 1. The molecule has 144 valence electrons. The van der Waals surface area contributed by atoms with Gasteiger partial charge in [0.1, 0.15) is 11.4 Å². The van der Waals surface area contributed by atoms with Crippen molar-refractivity contribution in [3.63, 3.8) is 0 Å². The number of hydrogen-bond acceptors (Lipinski definition) is 6. The molecule has 2 aromatic rings. The van der Waals surface area contributed by atoms with Gasteiger partial charge in [0.25, 0.3) is 0 Å². The minimum Gasteiger partial charge on any atom is -0.368 e. The largest absolute Gasteiger partial charge is 0.368 e. The summed E-state index contributed by atoms with van der Waals surface area (Å²) in [7, 11) is 0. The zero-order chi connectivity index (χ0) is 18.3. The van der Waals surface area contributed by atoms with Crippen molar-refractivity contribution in [3.8, 4) is 0 Å². The Bertz CT molecular complexity index is 800. The van der Waals surface area contributed by atoms with E-state index in [1.807, 2.05) is 13.1 Å². The Kier molecular flexibility index (Phi) is 4.46. The number of hydrogen-bond donors (Lipinski definition) is 1. The number of rotatable bonds is 2. The van der Waals surface area contributed by atoms with Gasteiger partial charge in [0.2, 0.25) is 0 Å². The molecule has 0 atom stereocenters. The second-order valence-electron chi connectivity index (χ2n) is 8.04. The average Bonchev–Trinajstić information content (AvgIpc) is 2.92. The van der Waals surface area contributed by atoms with Gasteiger partial charge < -0.3 is 10.1 Å². The molecule has 5 heterocycles. The third-order valence-corrected chi connectivity index (χ3v) is 6.16. The second kappa shape index (κ2) is 6.96. The van der Waals surface area contributed by atoms with Crippen LogP contribution in [0.2, 0.25) is 0 Å². The molecule has 1 fully saturated rings. The lowest BCUT2D eigenvalue weighted by Gasteiger charge is -2.44. The maximum absolute atomic E-state index is 6.32. The van der Waals surface area contributed by atoms with Gasteiger partial charge in [-0.1, -0.05) is 0 Å². The van der Waals surface area contributed by atoms with Crippen molar-refractivity contribution in [1.82, 2.24) is 30.0 Å². The van der Waals surface area contributed by atoms with Crippen LogP contribution in [-0.4, -0.2) is 50.9 Å². The summed E-state index contributed by atoms with van der Waals surface area (Å²) >= 11 is 0. The molecule has 5 rings (SSSR count). The van der Waals surface area contributed by atoms with Gasteiger partial charge in [-0.15, -0.1) is 0 Å². The smallest absolute Gasteiger partial charge is 0.125 e. The molecule has 7 heteroatoms. The molecule has 0 unspecified atom stereocenters. The van der Waals surface area contributed by atoms with E-state index in [1.165, 1.54) is 17.0 Å². The maximum atomic E-state index is 6.32. The standard InChI is InChI=1S/C20H28N6O/c1-15-22-12-16-3-10-27-20(19(16)23-15)4-8-25(9-5-20)14-17-11-18-13-21-6-2-7-26(18)24-17/h11-12,21H,2-10,13-14H2,1H3. The number of likely N-dealkylation sites (tertiary alicyclic amines) is 1. The van der Waals surface area contributed by atoms with E-state index in [9.17, 15) is 0 Å². The van der Waals surface area contributed by atoms with Crippen LogP contribution in [0, 0.1) is 6.92 Å². The van der Waals surface area contributed by atoms with Gasteiger partial charge in [0.05, 0.1) is 23.7 Å². The lowest BCUT2D eigenvalue weighted by atomic mass is 9.83. The monoisotopic (exact) mass is 368 g/mol. The first-order valence-electron chi connectivity index (χ1n) is 10.2. The number of aryl methyl sites for hydroxylation is 2. The lowest BCUT2D eigenvalue weighted by Crippen LogP contribution is -2.47. The van der Waals surface area contributed by atoms with Crippen molar-refractivity contribution < 1.29 is 4.74 Å². The summed E-state index contributed by atoms with van der Waals surface area (Å²) in [5.41, 5.74) is 4.69. The van der Waals surface area contributed by atoms with Crippen LogP contribution in [0.15, 0.2) is 12.3 Å². The Morgan fingerprint density at radius 2 is 2.15 bits per heavy atom. The van der Waals surface area contributed by atoms with Crippen molar-refractivity contribution in [2.75, 3.05) is 26.2 Å². The molecule has 3 aliphatic heterocycles. The quantitative estimate of drug-likeness (QED) is 0.867. The van der Waals surface area contributed by atoms with Gasteiger partial charge in [-0.05, 0) is 50.8 Å². The van der Waals surface area contributed by atoms with Gasteiger partial charge in [0, 0.05) is 38.9 Å². The fourth-order valence-electron chi connectivity index (χ4n) is 4.68. The summed E-state index contributed by atoms with van der Waals surface area (Å²) in [6.45, 7) is 8.74. The van der Waals surface area contributed by atoms with Crippen molar-refractivity contribution in [1.29, 1.82) is 0 Å². The van der Waals surface area contributed by atoms with Crippen LogP contribution in [0.1, 0.15) is 47.7 Å². The average molecular weight is 368 g/mol. The number of aromatic nitrogens is 4. The maximum Gasteiger partial charge on any atom is 0.125 e. The van der Waals surface area contributed by atoms with Crippen LogP contribution < -0.4 is 5.32 Å². The van der Waals surface area contributed by atoms with Gasteiger partial charge in [0.15, 0.2) is 0 Å². The van der Waals surface area contributed by atoms with E-state index in [2.05, 4.69) is 25.9 Å². The molecule has 1 spiro atoms. The van der Waals surface area contributed by atoms with E-state index in [0.717, 1.165) is 83.1 Å². The molecule has 2 aromatic heterocycles. The lowest BCUT2D eigenvalue weighted by molar-refractivity contribution is -0.102. The van der Waals surface area contributed by atoms with Gasteiger partial charge in [-0.3, -0.25) is 9.58 Å². The first-order valence-corrected chi connectivity index (χ1v) is 10.2. The van der Waals surface area contributed by atoms with Crippen molar-refractivity contribution in [2.24, 2.45) is 0 Å². The predicted octanol–water partition coefficient (Wildman–Crippen LogP) is 1.54. The molecule has 0 aromatic carbocycles. The zero-order valence-electron chi connectivity index (χ0n) is 16.1. The number of fused-ring (bicyclic) bond motifs is 3. The topological polar surface area (TPSA) is 68.1 Å². The molecule has 7 nitrogen and oxygen atoms in total. The Morgan fingerprint density at radius 3 is 3.04 bits per heavy atom. The Labute approximate surface area is 160 Å². The van der Waals surface area contributed by atoms with Gasteiger partial charge in [-0.2, -0.15) is 5.10 Å². The van der Waals surface area contributed by atoms with Crippen molar-refractivity contribution in [3.05, 3.63) is 40.7 Å². The van der Waals surface area contributed by atoms with E-state index in [-0.39, 0.29) is 5.60 Å². The molecule has 0 aliphatic carbocycles. The third kappa shape index (κ3) is 3.28. The summed E-state index contributed by atoms with van der Waals surface area (Å²) < 4.78 is 8.50. The van der Waals surface area contributed by atoms with Crippen LogP contribution in [0.3, 0.4) is 0 Å². The fraction of sp³-hybridized carbons (Fsp3) is 0.650. The van der Waals surface area contributed by atoms with Gasteiger partial charge >= 0.3 is 0 Å². The van der Waals surface area contributed by atoms with Crippen LogP contribution in [0.5, 0.6) is 0 Å². The number of nitrogens with zero attached hydrogens (tertiary/aromatic N) is 5. The second-order valence-corrected chi connectivity index (χ2v) is 8.04. The van der Waals surface area contributed by atoms with Crippen LogP contribution in [0.4, 0.5) is 0 Å². The number of ether oxygens (including phenoxy) is 1. The number of nitrogens with one attached hydrogen (secondary N) is 1. The molecule has 0 radical (unpaired) electrons. The molecule has 27 heavy (non-hydrogen) atoms. The zero-order valence-corrected chi connectivity index (χ0v) is 16.1. The minimum atomic E-state index is -0.215. The summed E-state index contributed by atoms with van der Waals surface area (Å²) in [5.74, 6) is 0.842. The summed E-state index contributed by atoms with van der Waals surface area (Å²) in [6.07, 6.45) is 6.06. The molecule has 1 saturated heterocycles. The highest BCUT2D eigenvalue weighted by Gasteiger charge is 2.42. The van der Waals surface area contributed by atoms with E-state index >= 15 is 0 Å². The highest BCUT2D eigenvalue weighted by atomic mass is 16.5. The van der Waals surface area contributed by atoms with Crippen molar-refractivity contribution in [2.45, 2.75) is 57.8 Å². The van der Waals surface area contributed by atoms with Crippen LogP contribution >= 0.6 is 0 Å². The first kappa shape index (κ1) is 17.3. The predicted molar refractivity (Wildman–Crippen MR) is 101 cm³/mol. The molecule has 3 aliphatic rings. The van der Waals surface area contributed by atoms with Crippen LogP contribution in [-0.2, 0) is 36.4 Å². The molecule has 0 saturated carbocycles. The minimum absolute atomic E-state index is 0.215. The summed E-state index contributed by atoms with van der Waals surface area (Å²) in [5, 5.41) is 8.31. The SMILES string of the molecule is Cc1ncc2c(n1)C1(CCN(Cc3cc4n(n3)CCCNC4)CC1)OCC2.